The fourth-order valence-corrected chi connectivity index (χ4v) is 3.20. The first-order valence-corrected chi connectivity index (χ1v) is 8.27. The lowest BCUT2D eigenvalue weighted by Gasteiger charge is -2.28. The molecule has 21 heavy (non-hydrogen) atoms. The van der Waals surface area contributed by atoms with E-state index in [0.29, 0.717) is 0 Å². The number of hydrogen-bond donors (Lipinski definition) is 1. The number of nitrogens with zero attached hydrogens (tertiary/aromatic N) is 2. The quantitative estimate of drug-likeness (QED) is 0.930. The number of para-hydroxylation sites is 1. The van der Waals surface area contributed by atoms with Crippen LogP contribution in [-0.2, 0) is 6.54 Å². The number of anilines is 1. The Hall–Kier alpha value is -1.61. The molecule has 0 spiro atoms. The molecule has 1 saturated heterocycles. The number of benzene rings is 1. The zero-order chi connectivity index (χ0) is 14.1. The molecule has 0 atom stereocenters. The molecule has 1 N–H and O–H groups in total. The molecule has 1 saturated carbocycles. The van der Waals surface area contributed by atoms with E-state index in [4.69, 9.17) is 4.98 Å². The van der Waals surface area contributed by atoms with Crippen molar-refractivity contribution in [2.75, 3.05) is 18.0 Å². The van der Waals surface area contributed by atoms with Gasteiger partial charge in [0.15, 0.2) is 0 Å². The SMILES string of the molecule is c1ccc2c(CNC3CC3)cc(N3CCCCC3)nc2c1. The second-order valence-electron chi connectivity index (χ2n) is 6.36. The van der Waals surface area contributed by atoms with E-state index in [1.807, 2.05) is 0 Å². The summed E-state index contributed by atoms with van der Waals surface area (Å²) in [4.78, 5) is 7.36. The molecule has 2 fully saturated rings. The summed E-state index contributed by atoms with van der Waals surface area (Å²) in [5.74, 6) is 1.17. The van der Waals surface area contributed by atoms with E-state index in [0.717, 1.165) is 31.2 Å². The molecule has 2 aliphatic rings. The smallest absolute Gasteiger partial charge is 0.129 e. The molecule has 4 rings (SSSR count). The van der Waals surface area contributed by atoms with Crippen LogP contribution >= 0.6 is 0 Å². The first-order valence-electron chi connectivity index (χ1n) is 8.27. The van der Waals surface area contributed by atoms with Crippen molar-refractivity contribution in [1.29, 1.82) is 0 Å². The van der Waals surface area contributed by atoms with E-state index in [1.165, 1.54) is 48.9 Å². The maximum atomic E-state index is 4.90. The fourth-order valence-electron chi connectivity index (χ4n) is 3.20. The van der Waals surface area contributed by atoms with Crippen molar-refractivity contribution in [3.05, 3.63) is 35.9 Å². The summed E-state index contributed by atoms with van der Waals surface area (Å²) in [5, 5.41) is 4.95. The predicted molar refractivity (Wildman–Crippen MR) is 87.7 cm³/mol. The van der Waals surface area contributed by atoms with Crippen LogP contribution < -0.4 is 10.2 Å². The van der Waals surface area contributed by atoms with E-state index in [-0.39, 0.29) is 0 Å². The second-order valence-corrected chi connectivity index (χ2v) is 6.36. The summed E-state index contributed by atoms with van der Waals surface area (Å²) in [6.07, 6.45) is 6.62. The van der Waals surface area contributed by atoms with Crippen molar-refractivity contribution < 1.29 is 0 Å². The van der Waals surface area contributed by atoms with Gasteiger partial charge < -0.3 is 10.2 Å². The van der Waals surface area contributed by atoms with Crippen LogP contribution in [0.3, 0.4) is 0 Å². The molecule has 2 aromatic rings. The molecule has 1 aromatic carbocycles. The van der Waals surface area contributed by atoms with Crippen molar-refractivity contribution in [3.8, 4) is 0 Å². The topological polar surface area (TPSA) is 28.2 Å². The van der Waals surface area contributed by atoms with Crippen LogP contribution in [0.5, 0.6) is 0 Å². The summed E-state index contributed by atoms with van der Waals surface area (Å²) in [7, 11) is 0. The van der Waals surface area contributed by atoms with Crippen LogP contribution in [0, 0.1) is 0 Å². The van der Waals surface area contributed by atoms with Gasteiger partial charge in [0.2, 0.25) is 0 Å². The number of aromatic nitrogens is 1. The van der Waals surface area contributed by atoms with Gasteiger partial charge in [0.05, 0.1) is 5.52 Å². The Balaban J connectivity index is 1.69. The van der Waals surface area contributed by atoms with Gasteiger partial charge in [-0.1, -0.05) is 18.2 Å². The van der Waals surface area contributed by atoms with Gasteiger partial charge in [-0.05, 0) is 49.8 Å². The maximum absolute atomic E-state index is 4.90. The molecule has 1 aromatic heterocycles. The van der Waals surface area contributed by atoms with Crippen molar-refractivity contribution in [1.82, 2.24) is 10.3 Å². The first-order chi connectivity index (χ1) is 10.4. The van der Waals surface area contributed by atoms with Crippen LogP contribution in [-0.4, -0.2) is 24.1 Å². The molecule has 110 valence electrons. The Labute approximate surface area is 126 Å². The van der Waals surface area contributed by atoms with Gasteiger partial charge in [0.25, 0.3) is 0 Å². The highest BCUT2D eigenvalue weighted by atomic mass is 15.2. The number of piperidine rings is 1. The molecule has 0 radical (unpaired) electrons. The summed E-state index contributed by atoms with van der Waals surface area (Å²) in [6.45, 7) is 3.27. The lowest BCUT2D eigenvalue weighted by Crippen LogP contribution is -2.30. The van der Waals surface area contributed by atoms with Gasteiger partial charge in [-0.15, -0.1) is 0 Å². The first kappa shape index (κ1) is 13.1. The van der Waals surface area contributed by atoms with Crippen LogP contribution in [0.15, 0.2) is 30.3 Å². The van der Waals surface area contributed by atoms with Crippen LogP contribution in [0.4, 0.5) is 5.82 Å². The number of nitrogens with one attached hydrogen (secondary N) is 1. The number of hydrogen-bond acceptors (Lipinski definition) is 3. The van der Waals surface area contributed by atoms with E-state index < -0.39 is 0 Å². The fraction of sp³-hybridized carbons (Fsp3) is 0.500. The third kappa shape index (κ3) is 2.88. The highest BCUT2D eigenvalue weighted by Gasteiger charge is 2.21. The van der Waals surface area contributed by atoms with Crippen LogP contribution in [0.25, 0.3) is 10.9 Å². The highest BCUT2D eigenvalue weighted by Crippen LogP contribution is 2.26. The van der Waals surface area contributed by atoms with Gasteiger partial charge in [-0.3, -0.25) is 0 Å². The molecule has 2 heterocycles. The highest BCUT2D eigenvalue weighted by molar-refractivity contribution is 5.84. The van der Waals surface area contributed by atoms with E-state index in [2.05, 4.69) is 40.5 Å². The van der Waals surface area contributed by atoms with Gasteiger partial charge >= 0.3 is 0 Å². The number of rotatable bonds is 4. The molecule has 0 bridgehead atoms. The normalized spacial score (nSPS) is 19.1. The zero-order valence-electron chi connectivity index (χ0n) is 12.5. The predicted octanol–water partition coefficient (Wildman–Crippen LogP) is 3.48. The largest absolute Gasteiger partial charge is 0.357 e. The Morgan fingerprint density at radius 3 is 2.71 bits per heavy atom. The van der Waals surface area contributed by atoms with Gasteiger partial charge in [-0.25, -0.2) is 4.98 Å². The van der Waals surface area contributed by atoms with Crippen LogP contribution in [0.1, 0.15) is 37.7 Å². The molecular weight excluding hydrogens is 258 g/mol. The zero-order valence-corrected chi connectivity index (χ0v) is 12.5. The Bertz CT molecular complexity index is 627. The Morgan fingerprint density at radius 1 is 1.10 bits per heavy atom. The molecule has 0 unspecified atom stereocenters. The lowest BCUT2D eigenvalue weighted by atomic mass is 10.1. The minimum Gasteiger partial charge on any atom is -0.357 e. The van der Waals surface area contributed by atoms with Crippen molar-refractivity contribution in [2.45, 2.75) is 44.7 Å². The molecule has 1 aliphatic heterocycles. The Kier molecular flexibility index (Phi) is 3.52. The summed E-state index contributed by atoms with van der Waals surface area (Å²) >= 11 is 0. The average molecular weight is 281 g/mol. The second kappa shape index (κ2) is 5.64. The third-order valence-electron chi connectivity index (χ3n) is 4.63. The van der Waals surface area contributed by atoms with Crippen LogP contribution in [0.2, 0.25) is 0 Å². The minimum absolute atomic E-state index is 0.746. The van der Waals surface area contributed by atoms with Gasteiger partial charge in [0.1, 0.15) is 5.82 Å². The molecule has 3 nitrogen and oxygen atoms in total. The maximum Gasteiger partial charge on any atom is 0.129 e. The molecule has 3 heteroatoms. The van der Waals surface area contributed by atoms with Crippen molar-refractivity contribution >= 4 is 16.7 Å². The number of pyridine rings is 1. The lowest BCUT2D eigenvalue weighted by molar-refractivity contribution is 0.573. The molecular formula is C18H23N3. The summed E-state index contributed by atoms with van der Waals surface area (Å²) < 4.78 is 0. The van der Waals surface area contributed by atoms with E-state index >= 15 is 0 Å². The van der Waals surface area contributed by atoms with Crippen molar-refractivity contribution in [3.63, 3.8) is 0 Å². The monoisotopic (exact) mass is 281 g/mol. The Morgan fingerprint density at radius 2 is 1.90 bits per heavy atom. The summed E-state index contributed by atoms with van der Waals surface area (Å²) in [5.41, 5.74) is 2.53. The van der Waals surface area contributed by atoms with Crippen molar-refractivity contribution in [2.24, 2.45) is 0 Å². The third-order valence-corrected chi connectivity index (χ3v) is 4.63. The minimum atomic E-state index is 0.746. The standard InChI is InChI=1S/C18H23N3/c1-4-10-21(11-5-1)18-12-14(13-19-15-8-9-15)16-6-2-3-7-17(16)20-18/h2-3,6-7,12,15,19H,1,4-5,8-11,13H2. The number of fused-ring (bicyclic) bond motifs is 1. The average Bonchev–Trinajstić information content (AvgIpc) is 3.37. The molecule has 1 aliphatic carbocycles. The molecule has 0 amide bonds. The van der Waals surface area contributed by atoms with E-state index in [1.54, 1.807) is 0 Å². The van der Waals surface area contributed by atoms with Gasteiger partial charge in [-0.2, -0.15) is 0 Å². The van der Waals surface area contributed by atoms with Gasteiger partial charge in [0, 0.05) is 31.1 Å². The van der Waals surface area contributed by atoms with E-state index in [9.17, 15) is 0 Å². The summed E-state index contributed by atoms with van der Waals surface area (Å²) in [6, 6.07) is 11.6.